The quantitative estimate of drug-likeness (QED) is 0.705. The van der Waals surface area contributed by atoms with Crippen LogP contribution in [0.1, 0.15) is 27.2 Å². The number of aliphatic carboxylic acids is 1. The first kappa shape index (κ1) is 17.8. The van der Waals surface area contributed by atoms with E-state index in [0.717, 1.165) is 0 Å². The number of carbonyl (C=O) groups is 2. The first-order chi connectivity index (χ1) is 8.73. The van der Waals surface area contributed by atoms with Crippen molar-refractivity contribution in [1.29, 1.82) is 0 Å². The van der Waals surface area contributed by atoms with Crippen LogP contribution in [0.15, 0.2) is 12.7 Å². The molecule has 0 saturated carbocycles. The highest BCUT2D eigenvalue weighted by atomic mass is 32.2. The average molecular weight is 288 g/mol. The number of rotatable bonds is 7. The van der Waals surface area contributed by atoms with Gasteiger partial charge in [-0.1, -0.05) is 6.08 Å². The van der Waals surface area contributed by atoms with Gasteiger partial charge >= 0.3 is 12.0 Å². The minimum absolute atomic E-state index is 0.374. The van der Waals surface area contributed by atoms with E-state index in [-0.39, 0.29) is 11.6 Å². The first-order valence-corrected chi connectivity index (χ1v) is 7.54. The lowest BCUT2D eigenvalue weighted by Crippen LogP contribution is -2.54. The van der Waals surface area contributed by atoms with Gasteiger partial charge in [0, 0.05) is 12.1 Å². The fourth-order valence-corrected chi connectivity index (χ4v) is 1.98. The van der Waals surface area contributed by atoms with Crippen LogP contribution in [0.4, 0.5) is 4.79 Å². The largest absolute Gasteiger partial charge is 0.480 e. The summed E-state index contributed by atoms with van der Waals surface area (Å²) in [5.74, 6) is -0.316. The molecule has 0 heterocycles. The summed E-state index contributed by atoms with van der Waals surface area (Å²) in [5.41, 5.74) is -0.388. The van der Waals surface area contributed by atoms with Crippen molar-refractivity contribution in [3.8, 4) is 0 Å². The molecule has 0 aromatic heterocycles. The molecule has 0 bridgehead atoms. The molecule has 2 N–H and O–H groups in total. The van der Waals surface area contributed by atoms with E-state index >= 15 is 0 Å². The summed E-state index contributed by atoms with van der Waals surface area (Å²) < 4.78 is 0. The monoisotopic (exact) mass is 288 g/mol. The van der Waals surface area contributed by atoms with Crippen molar-refractivity contribution in [1.82, 2.24) is 10.2 Å². The SMILES string of the molecule is C=CCN(C(=O)N[C@H](CCSC)C(=O)O)C(C)(C)C. The molecule has 0 spiro atoms. The van der Waals surface area contributed by atoms with Crippen molar-refractivity contribution < 1.29 is 14.7 Å². The summed E-state index contributed by atoms with van der Waals surface area (Å²) >= 11 is 1.55. The lowest BCUT2D eigenvalue weighted by Gasteiger charge is -2.35. The zero-order valence-corrected chi connectivity index (χ0v) is 12.9. The van der Waals surface area contributed by atoms with Crippen molar-refractivity contribution >= 4 is 23.8 Å². The average Bonchev–Trinajstić information content (AvgIpc) is 2.29. The van der Waals surface area contributed by atoms with Crippen LogP contribution in [0.2, 0.25) is 0 Å². The fraction of sp³-hybridized carbons (Fsp3) is 0.692. The maximum atomic E-state index is 12.2. The summed E-state index contributed by atoms with van der Waals surface area (Å²) in [7, 11) is 0. The Labute approximate surface area is 119 Å². The van der Waals surface area contributed by atoms with Crippen molar-refractivity contribution in [2.24, 2.45) is 0 Å². The number of carbonyl (C=O) groups excluding carboxylic acids is 1. The van der Waals surface area contributed by atoms with Crippen LogP contribution in [0.5, 0.6) is 0 Å². The van der Waals surface area contributed by atoms with Gasteiger partial charge in [-0.05, 0) is 39.2 Å². The number of urea groups is 1. The Kier molecular flexibility index (Phi) is 7.59. The highest BCUT2D eigenvalue weighted by Crippen LogP contribution is 2.13. The van der Waals surface area contributed by atoms with Crippen molar-refractivity contribution in [3.05, 3.63) is 12.7 Å². The van der Waals surface area contributed by atoms with Crippen molar-refractivity contribution in [2.45, 2.75) is 38.8 Å². The third-order valence-corrected chi connectivity index (χ3v) is 3.22. The molecule has 0 aliphatic rings. The predicted molar refractivity (Wildman–Crippen MR) is 79.6 cm³/mol. The van der Waals surface area contributed by atoms with E-state index in [1.807, 2.05) is 27.0 Å². The van der Waals surface area contributed by atoms with Crippen LogP contribution < -0.4 is 5.32 Å². The van der Waals surface area contributed by atoms with E-state index in [1.165, 1.54) is 0 Å². The van der Waals surface area contributed by atoms with Gasteiger partial charge in [-0.3, -0.25) is 0 Å². The molecule has 0 aliphatic heterocycles. The molecule has 0 aromatic carbocycles. The Bertz CT molecular complexity index is 326. The van der Waals surface area contributed by atoms with E-state index in [2.05, 4.69) is 11.9 Å². The number of amides is 2. The molecule has 6 heteroatoms. The van der Waals surface area contributed by atoms with E-state index < -0.39 is 12.0 Å². The third-order valence-electron chi connectivity index (χ3n) is 2.57. The molecule has 5 nitrogen and oxygen atoms in total. The van der Waals surface area contributed by atoms with E-state index in [4.69, 9.17) is 5.11 Å². The lowest BCUT2D eigenvalue weighted by atomic mass is 10.1. The van der Waals surface area contributed by atoms with E-state index in [1.54, 1.807) is 22.7 Å². The maximum Gasteiger partial charge on any atom is 0.326 e. The summed E-state index contributed by atoms with van der Waals surface area (Å²) in [5, 5.41) is 11.7. The molecule has 0 unspecified atom stereocenters. The summed E-state index contributed by atoms with van der Waals surface area (Å²) in [6.07, 6.45) is 3.94. The second-order valence-corrected chi connectivity index (χ2v) is 6.18. The summed E-state index contributed by atoms with van der Waals surface area (Å²) in [6, 6.07) is -1.23. The molecule has 0 radical (unpaired) electrons. The first-order valence-electron chi connectivity index (χ1n) is 6.14. The molecule has 0 aromatic rings. The van der Waals surface area contributed by atoms with Gasteiger partial charge in [0.05, 0.1) is 0 Å². The van der Waals surface area contributed by atoms with Crippen LogP contribution >= 0.6 is 11.8 Å². The highest BCUT2D eigenvalue weighted by Gasteiger charge is 2.28. The molecule has 2 amide bonds. The van der Waals surface area contributed by atoms with Gasteiger partial charge in [-0.25, -0.2) is 9.59 Å². The Balaban J connectivity index is 4.75. The van der Waals surface area contributed by atoms with Crippen molar-refractivity contribution in [3.63, 3.8) is 0 Å². The number of carboxylic acid groups (broad SMARTS) is 1. The number of hydrogen-bond acceptors (Lipinski definition) is 3. The Morgan fingerprint density at radius 2 is 2.05 bits per heavy atom. The maximum absolute atomic E-state index is 12.2. The standard InChI is InChI=1S/C13H24N2O3S/c1-6-8-15(13(2,3)4)12(18)14-10(11(16)17)7-9-19-5/h6,10H,1,7-9H2,2-5H3,(H,14,18)(H,16,17)/t10-/m1/s1. The second-order valence-electron chi connectivity index (χ2n) is 5.19. The smallest absolute Gasteiger partial charge is 0.326 e. The molecule has 0 saturated heterocycles. The van der Waals surface area contributed by atoms with Crippen LogP contribution in [-0.4, -0.2) is 52.1 Å². The van der Waals surface area contributed by atoms with Gasteiger partial charge in [-0.15, -0.1) is 6.58 Å². The zero-order chi connectivity index (χ0) is 15.1. The molecule has 0 fully saturated rings. The van der Waals surface area contributed by atoms with Crippen molar-refractivity contribution in [2.75, 3.05) is 18.6 Å². The molecule has 110 valence electrons. The van der Waals surface area contributed by atoms with Crippen LogP contribution in [-0.2, 0) is 4.79 Å². The van der Waals surface area contributed by atoms with Gasteiger partial charge < -0.3 is 15.3 Å². The minimum atomic E-state index is -1.00. The van der Waals surface area contributed by atoms with Gasteiger partial charge in [0.15, 0.2) is 0 Å². The number of hydrogen-bond donors (Lipinski definition) is 2. The van der Waals surface area contributed by atoms with Gasteiger partial charge in [-0.2, -0.15) is 11.8 Å². The molecule has 1 atom stereocenters. The van der Waals surface area contributed by atoms with Gasteiger partial charge in [0.1, 0.15) is 6.04 Å². The Morgan fingerprint density at radius 1 is 1.47 bits per heavy atom. The van der Waals surface area contributed by atoms with Crippen LogP contribution in [0.25, 0.3) is 0 Å². The molecule has 0 rings (SSSR count). The molecule has 19 heavy (non-hydrogen) atoms. The molecule has 0 aliphatic carbocycles. The molecular formula is C13H24N2O3S. The summed E-state index contributed by atoms with van der Waals surface area (Å²) in [6.45, 7) is 9.69. The van der Waals surface area contributed by atoms with Gasteiger partial charge in [0.25, 0.3) is 0 Å². The number of nitrogens with zero attached hydrogens (tertiary/aromatic N) is 1. The number of carboxylic acids is 1. The minimum Gasteiger partial charge on any atom is -0.480 e. The van der Waals surface area contributed by atoms with E-state index in [0.29, 0.717) is 18.7 Å². The normalized spacial score (nSPS) is 12.6. The topological polar surface area (TPSA) is 69.6 Å². The van der Waals surface area contributed by atoms with Crippen LogP contribution in [0.3, 0.4) is 0 Å². The predicted octanol–water partition coefficient (Wildman–Crippen LogP) is 2.19. The third kappa shape index (κ3) is 6.52. The van der Waals surface area contributed by atoms with Gasteiger partial charge in [0.2, 0.25) is 0 Å². The molecular weight excluding hydrogens is 264 g/mol. The number of thioether (sulfide) groups is 1. The van der Waals surface area contributed by atoms with Crippen LogP contribution in [0, 0.1) is 0 Å². The highest BCUT2D eigenvalue weighted by molar-refractivity contribution is 7.98. The fourth-order valence-electron chi connectivity index (χ4n) is 1.51. The summed E-state index contributed by atoms with van der Waals surface area (Å²) in [4.78, 5) is 24.8. The Morgan fingerprint density at radius 3 is 2.42 bits per heavy atom. The number of nitrogens with one attached hydrogen (secondary N) is 1. The zero-order valence-electron chi connectivity index (χ0n) is 12.1. The Hall–Kier alpha value is -1.17. The van der Waals surface area contributed by atoms with E-state index in [9.17, 15) is 9.59 Å². The lowest BCUT2D eigenvalue weighted by molar-refractivity contribution is -0.139. The second kappa shape index (κ2) is 8.09.